The standard InChI is InChI=1S/C22H23BO3.C16H36N/c1-21(2,26-23(24)25)22(18-12-6-3-7-13-18,19-14-8-4-9-15-19)20-16-10-5-11-17-20;1-5-9-13-17(14-10-6-2,15-11-7-3)16-12-8-4/h3-17,24-25H,1-2H3;5-16H2,1-4H3/q;+1. The molecule has 0 saturated heterocycles. The van der Waals surface area contributed by atoms with Gasteiger partial charge in [-0.25, -0.2) is 0 Å². The lowest BCUT2D eigenvalue weighted by Gasteiger charge is -2.48. The molecular weight excluding hydrogens is 529 g/mol. The number of unbranched alkanes of at least 4 members (excludes halogenated alkanes) is 4. The first-order valence-corrected chi connectivity index (χ1v) is 16.8. The zero-order valence-corrected chi connectivity index (χ0v) is 28.0. The van der Waals surface area contributed by atoms with Crippen LogP contribution in [0, 0.1) is 0 Å². The number of hydrogen-bond donors (Lipinski definition) is 2. The Balaban J connectivity index is 0.000000332. The van der Waals surface area contributed by atoms with Crippen molar-refractivity contribution in [3.05, 3.63) is 108 Å². The fourth-order valence-corrected chi connectivity index (χ4v) is 6.60. The molecule has 0 saturated carbocycles. The van der Waals surface area contributed by atoms with E-state index in [0.717, 1.165) is 16.7 Å². The highest BCUT2D eigenvalue weighted by Crippen LogP contribution is 2.49. The van der Waals surface area contributed by atoms with E-state index in [1.54, 1.807) is 0 Å². The van der Waals surface area contributed by atoms with Crippen molar-refractivity contribution in [3.63, 3.8) is 0 Å². The zero-order chi connectivity index (χ0) is 31.6. The second-order valence-electron chi connectivity index (χ2n) is 12.5. The maximum Gasteiger partial charge on any atom is 0.634 e. The molecule has 0 aliphatic heterocycles. The van der Waals surface area contributed by atoms with Crippen LogP contribution in [-0.4, -0.2) is 53.6 Å². The fraction of sp³-hybridized carbons (Fsp3) is 0.526. The summed E-state index contributed by atoms with van der Waals surface area (Å²) in [6.45, 7) is 18.8. The van der Waals surface area contributed by atoms with Crippen molar-refractivity contribution >= 4 is 7.32 Å². The third-order valence-electron chi connectivity index (χ3n) is 8.87. The summed E-state index contributed by atoms with van der Waals surface area (Å²) < 4.78 is 7.10. The Morgan fingerprint density at radius 1 is 0.535 bits per heavy atom. The summed E-state index contributed by atoms with van der Waals surface area (Å²) in [6.07, 6.45) is 11.1. The van der Waals surface area contributed by atoms with Crippen LogP contribution in [-0.2, 0) is 10.1 Å². The lowest BCUT2D eigenvalue weighted by atomic mass is 9.60. The molecule has 5 heteroatoms. The molecule has 0 amide bonds. The minimum atomic E-state index is -1.87. The van der Waals surface area contributed by atoms with E-state index in [0.29, 0.717) is 0 Å². The summed E-state index contributed by atoms with van der Waals surface area (Å²) in [5.41, 5.74) is 1.36. The van der Waals surface area contributed by atoms with Crippen molar-refractivity contribution < 1.29 is 19.2 Å². The first-order chi connectivity index (χ1) is 20.7. The Hall–Kier alpha value is -2.44. The second-order valence-corrected chi connectivity index (χ2v) is 12.5. The van der Waals surface area contributed by atoms with Gasteiger partial charge in [0.15, 0.2) is 0 Å². The molecule has 0 radical (unpaired) electrons. The molecule has 0 fully saturated rings. The molecule has 0 spiro atoms. The van der Waals surface area contributed by atoms with Gasteiger partial charge in [0, 0.05) is 0 Å². The van der Waals surface area contributed by atoms with E-state index < -0.39 is 18.3 Å². The van der Waals surface area contributed by atoms with Crippen LogP contribution in [0.1, 0.15) is 110 Å². The molecule has 0 aliphatic rings. The van der Waals surface area contributed by atoms with Gasteiger partial charge in [0.05, 0.1) is 37.2 Å². The van der Waals surface area contributed by atoms with Crippen LogP contribution in [0.4, 0.5) is 0 Å². The molecule has 0 heterocycles. The van der Waals surface area contributed by atoms with Crippen LogP contribution in [0.5, 0.6) is 0 Å². The summed E-state index contributed by atoms with van der Waals surface area (Å²) in [5.74, 6) is 0. The fourth-order valence-electron chi connectivity index (χ4n) is 6.60. The lowest BCUT2D eigenvalue weighted by Crippen LogP contribution is -2.53. The van der Waals surface area contributed by atoms with Gasteiger partial charge < -0.3 is 19.2 Å². The Bertz CT molecular complexity index is 972. The third-order valence-corrected chi connectivity index (χ3v) is 8.87. The minimum absolute atomic E-state index is 0.736. The van der Waals surface area contributed by atoms with E-state index in [1.807, 2.05) is 68.4 Å². The number of benzene rings is 3. The maximum atomic E-state index is 9.63. The number of rotatable bonds is 18. The molecule has 0 aliphatic carbocycles. The topological polar surface area (TPSA) is 49.7 Å². The molecule has 0 unspecified atom stereocenters. The van der Waals surface area contributed by atoms with E-state index in [1.165, 1.54) is 82.0 Å². The molecule has 0 atom stereocenters. The van der Waals surface area contributed by atoms with E-state index >= 15 is 0 Å². The predicted octanol–water partition coefficient (Wildman–Crippen LogP) is 8.79. The van der Waals surface area contributed by atoms with Crippen molar-refractivity contribution in [3.8, 4) is 0 Å². The van der Waals surface area contributed by atoms with Crippen molar-refractivity contribution in [1.82, 2.24) is 0 Å². The van der Waals surface area contributed by atoms with Gasteiger partial charge in [0.1, 0.15) is 0 Å². The second kappa shape index (κ2) is 19.1. The van der Waals surface area contributed by atoms with Crippen LogP contribution < -0.4 is 0 Å². The highest BCUT2D eigenvalue weighted by Gasteiger charge is 2.51. The Kier molecular flexibility index (Phi) is 16.3. The van der Waals surface area contributed by atoms with Crippen molar-refractivity contribution in [1.29, 1.82) is 0 Å². The number of nitrogens with zero attached hydrogens (tertiary/aromatic N) is 1. The van der Waals surface area contributed by atoms with Gasteiger partial charge in [-0.05, 0) is 56.2 Å². The van der Waals surface area contributed by atoms with Gasteiger partial charge >= 0.3 is 7.32 Å². The smallest absolute Gasteiger partial charge is 0.402 e. The van der Waals surface area contributed by atoms with Gasteiger partial charge in [-0.2, -0.15) is 0 Å². The average Bonchev–Trinajstić information content (AvgIpc) is 3.02. The van der Waals surface area contributed by atoms with E-state index in [4.69, 9.17) is 4.65 Å². The van der Waals surface area contributed by atoms with Crippen LogP contribution in [0.15, 0.2) is 91.0 Å². The number of hydrogen-bond acceptors (Lipinski definition) is 3. The summed E-state index contributed by atoms with van der Waals surface area (Å²) in [5, 5.41) is 19.3. The molecule has 43 heavy (non-hydrogen) atoms. The monoisotopic (exact) mass is 588 g/mol. The molecule has 0 bridgehead atoms. The summed E-state index contributed by atoms with van der Waals surface area (Å²) in [4.78, 5) is 0. The summed E-state index contributed by atoms with van der Waals surface area (Å²) in [7, 11) is -1.87. The van der Waals surface area contributed by atoms with Gasteiger partial charge in [0.2, 0.25) is 0 Å². The van der Waals surface area contributed by atoms with Gasteiger partial charge in [-0.15, -0.1) is 0 Å². The summed E-state index contributed by atoms with van der Waals surface area (Å²) >= 11 is 0. The Morgan fingerprint density at radius 3 is 1.05 bits per heavy atom. The van der Waals surface area contributed by atoms with Gasteiger partial charge in [-0.1, -0.05) is 144 Å². The predicted molar refractivity (Wildman–Crippen MR) is 184 cm³/mol. The van der Waals surface area contributed by atoms with Gasteiger partial charge in [-0.3, -0.25) is 0 Å². The first-order valence-electron chi connectivity index (χ1n) is 16.8. The van der Waals surface area contributed by atoms with Crippen molar-refractivity contribution in [2.75, 3.05) is 26.2 Å². The van der Waals surface area contributed by atoms with E-state index in [-0.39, 0.29) is 0 Å². The average molecular weight is 589 g/mol. The normalized spacial score (nSPS) is 12.0. The molecule has 3 aromatic carbocycles. The number of quaternary nitrogens is 1. The highest BCUT2D eigenvalue weighted by molar-refractivity contribution is 6.32. The van der Waals surface area contributed by atoms with Gasteiger partial charge in [0.25, 0.3) is 0 Å². The molecule has 3 aromatic rings. The highest BCUT2D eigenvalue weighted by atomic mass is 16.6. The van der Waals surface area contributed by atoms with E-state index in [2.05, 4.69) is 64.1 Å². The minimum Gasteiger partial charge on any atom is -0.402 e. The third kappa shape index (κ3) is 10.3. The molecule has 3 rings (SSSR count). The molecule has 0 aromatic heterocycles. The van der Waals surface area contributed by atoms with Crippen LogP contribution in [0.25, 0.3) is 0 Å². The largest absolute Gasteiger partial charge is 0.634 e. The lowest BCUT2D eigenvalue weighted by molar-refractivity contribution is -0.929. The Labute approximate surface area is 263 Å². The van der Waals surface area contributed by atoms with Crippen molar-refractivity contribution in [2.45, 2.75) is 104 Å². The molecule has 2 N–H and O–H groups in total. The molecule has 4 nitrogen and oxygen atoms in total. The van der Waals surface area contributed by atoms with E-state index in [9.17, 15) is 10.0 Å². The SMILES string of the molecule is CC(C)(OB(O)O)C(c1ccccc1)(c1ccccc1)c1ccccc1.CCCC[N+](CCCC)(CCCC)CCCC. The summed E-state index contributed by atoms with van der Waals surface area (Å²) in [6, 6.07) is 30.1. The maximum absolute atomic E-state index is 9.63. The Morgan fingerprint density at radius 2 is 0.814 bits per heavy atom. The van der Waals surface area contributed by atoms with Crippen LogP contribution in [0.2, 0.25) is 0 Å². The van der Waals surface area contributed by atoms with Crippen LogP contribution in [0.3, 0.4) is 0 Å². The zero-order valence-electron chi connectivity index (χ0n) is 28.0. The first kappa shape index (κ1) is 36.8. The molecular formula is C38H59BNO3+. The quantitative estimate of drug-likeness (QED) is 0.0887. The van der Waals surface area contributed by atoms with Crippen molar-refractivity contribution in [2.24, 2.45) is 0 Å². The molecule has 236 valence electrons. The van der Waals surface area contributed by atoms with Crippen LogP contribution >= 0.6 is 0 Å².